The first-order valence-electron chi connectivity index (χ1n) is 8.55. The van der Waals surface area contributed by atoms with Gasteiger partial charge in [-0.15, -0.1) is 0 Å². The second-order valence-electron chi connectivity index (χ2n) is 6.43. The zero-order chi connectivity index (χ0) is 19.4. The number of aliphatic carboxylic acids is 1. The van der Waals surface area contributed by atoms with Crippen LogP contribution in [0.2, 0.25) is 0 Å². The van der Waals surface area contributed by atoms with Crippen LogP contribution in [-0.2, 0) is 14.8 Å². The minimum atomic E-state index is -3.57. The second kappa shape index (κ2) is 7.89. The maximum absolute atomic E-state index is 12.3. The van der Waals surface area contributed by atoms with E-state index in [1.54, 1.807) is 30.3 Å². The fourth-order valence-corrected chi connectivity index (χ4v) is 3.91. The summed E-state index contributed by atoms with van der Waals surface area (Å²) in [6, 6.07) is 14.2. The van der Waals surface area contributed by atoms with Crippen LogP contribution in [0.15, 0.2) is 59.5 Å². The maximum Gasteiger partial charge on any atom is 0.312 e. The number of nitrogens with one attached hydrogen (secondary N) is 2. The first-order valence-corrected chi connectivity index (χ1v) is 10.0. The number of benzene rings is 2. The molecule has 1 amide bonds. The molecule has 0 bridgehead atoms. The van der Waals surface area contributed by atoms with E-state index in [1.165, 1.54) is 24.3 Å². The van der Waals surface area contributed by atoms with Crippen molar-refractivity contribution in [1.82, 2.24) is 10.0 Å². The molecule has 0 aliphatic heterocycles. The SMILES string of the molecule is O=C(NCC(C(=O)O)c1ccccc1)c1ccc(S(=O)(=O)NC2CC2)cc1. The smallest absolute Gasteiger partial charge is 0.312 e. The standard InChI is InChI=1S/C19H20N2O5S/c22-18(20-12-17(19(23)24)13-4-2-1-3-5-13)14-6-10-16(11-7-14)27(25,26)21-15-8-9-15/h1-7,10-11,15,17,21H,8-9,12H2,(H,20,22)(H,23,24). The molecule has 142 valence electrons. The third-order valence-corrected chi connectivity index (χ3v) is 5.83. The Morgan fingerprint density at radius 1 is 1.04 bits per heavy atom. The molecule has 1 aliphatic rings. The summed E-state index contributed by atoms with van der Waals surface area (Å²) >= 11 is 0. The fourth-order valence-electron chi connectivity index (χ4n) is 2.60. The Bertz CT molecular complexity index is 922. The Kier molecular flexibility index (Phi) is 5.57. The Labute approximate surface area is 157 Å². The van der Waals surface area contributed by atoms with Gasteiger partial charge in [0.15, 0.2) is 0 Å². The van der Waals surface area contributed by atoms with Crippen molar-refractivity contribution in [1.29, 1.82) is 0 Å². The number of hydrogen-bond donors (Lipinski definition) is 3. The van der Waals surface area contributed by atoms with Gasteiger partial charge < -0.3 is 10.4 Å². The number of carboxylic acid groups (broad SMARTS) is 1. The summed E-state index contributed by atoms with van der Waals surface area (Å²) in [7, 11) is -3.57. The van der Waals surface area contributed by atoms with Crippen LogP contribution >= 0.6 is 0 Å². The Morgan fingerprint density at radius 2 is 1.67 bits per heavy atom. The lowest BCUT2D eigenvalue weighted by Gasteiger charge is -2.14. The normalized spacial score (nSPS) is 15.1. The number of amides is 1. The Morgan fingerprint density at radius 3 is 2.22 bits per heavy atom. The van der Waals surface area contributed by atoms with Crippen molar-refractivity contribution >= 4 is 21.9 Å². The number of hydrogen-bond acceptors (Lipinski definition) is 4. The van der Waals surface area contributed by atoms with Crippen LogP contribution in [0, 0.1) is 0 Å². The number of carboxylic acids is 1. The van der Waals surface area contributed by atoms with E-state index in [4.69, 9.17) is 0 Å². The predicted octanol–water partition coefficient (Wildman–Crippen LogP) is 1.73. The van der Waals surface area contributed by atoms with E-state index < -0.39 is 27.8 Å². The maximum atomic E-state index is 12.3. The highest BCUT2D eigenvalue weighted by atomic mass is 32.2. The Balaban J connectivity index is 1.64. The van der Waals surface area contributed by atoms with Gasteiger partial charge in [0.05, 0.1) is 10.8 Å². The lowest BCUT2D eigenvalue weighted by molar-refractivity contribution is -0.138. The molecule has 0 heterocycles. The van der Waals surface area contributed by atoms with Crippen molar-refractivity contribution in [3.8, 4) is 0 Å². The average molecular weight is 388 g/mol. The molecule has 3 N–H and O–H groups in total. The molecule has 0 aromatic heterocycles. The predicted molar refractivity (Wildman–Crippen MR) is 98.9 cm³/mol. The molecule has 1 aliphatic carbocycles. The third kappa shape index (κ3) is 4.93. The highest BCUT2D eigenvalue weighted by molar-refractivity contribution is 7.89. The Hall–Kier alpha value is -2.71. The molecule has 1 atom stereocenters. The zero-order valence-electron chi connectivity index (χ0n) is 14.5. The monoisotopic (exact) mass is 388 g/mol. The van der Waals surface area contributed by atoms with Crippen molar-refractivity contribution in [2.45, 2.75) is 29.7 Å². The molecular formula is C19H20N2O5S. The van der Waals surface area contributed by atoms with Gasteiger partial charge in [0, 0.05) is 18.2 Å². The van der Waals surface area contributed by atoms with E-state index in [-0.39, 0.29) is 23.0 Å². The van der Waals surface area contributed by atoms with Gasteiger partial charge in [0.1, 0.15) is 0 Å². The molecule has 27 heavy (non-hydrogen) atoms. The van der Waals surface area contributed by atoms with Crippen molar-refractivity contribution in [2.75, 3.05) is 6.54 Å². The van der Waals surface area contributed by atoms with E-state index in [9.17, 15) is 23.1 Å². The van der Waals surface area contributed by atoms with Gasteiger partial charge in [-0.05, 0) is 42.7 Å². The van der Waals surface area contributed by atoms with Gasteiger partial charge in [-0.25, -0.2) is 13.1 Å². The summed E-state index contributed by atoms with van der Waals surface area (Å²) in [6.07, 6.45) is 1.68. The minimum Gasteiger partial charge on any atom is -0.481 e. The lowest BCUT2D eigenvalue weighted by Crippen LogP contribution is -2.31. The first kappa shape index (κ1) is 19.1. The summed E-state index contributed by atoms with van der Waals surface area (Å²) in [5.41, 5.74) is 0.857. The molecule has 1 fully saturated rings. The molecule has 3 rings (SSSR count). The number of carbonyl (C=O) groups excluding carboxylic acids is 1. The van der Waals surface area contributed by atoms with Crippen molar-refractivity contribution in [3.63, 3.8) is 0 Å². The van der Waals surface area contributed by atoms with Gasteiger partial charge in [-0.2, -0.15) is 0 Å². The van der Waals surface area contributed by atoms with E-state index in [1.807, 2.05) is 0 Å². The third-order valence-electron chi connectivity index (χ3n) is 4.29. The van der Waals surface area contributed by atoms with Gasteiger partial charge in [-0.1, -0.05) is 30.3 Å². The summed E-state index contributed by atoms with van der Waals surface area (Å²) in [6.45, 7) is -0.0680. The molecular weight excluding hydrogens is 368 g/mol. The molecule has 2 aromatic carbocycles. The number of sulfonamides is 1. The molecule has 2 aromatic rings. The van der Waals surface area contributed by atoms with Crippen molar-refractivity contribution in [2.24, 2.45) is 0 Å². The summed E-state index contributed by atoms with van der Waals surface area (Å²) in [5, 5.41) is 12.0. The van der Waals surface area contributed by atoms with Crippen molar-refractivity contribution in [3.05, 3.63) is 65.7 Å². The topological polar surface area (TPSA) is 113 Å². The van der Waals surface area contributed by atoms with Crippen LogP contribution < -0.4 is 10.0 Å². The second-order valence-corrected chi connectivity index (χ2v) is 8.15. The van der Waals surface area contributed by atoms with E-state index in [2.05, 4.69) is 10.0 Å². The largest absolute Gasteiger partial charge is 0.481 e. The van der Waals surface area contributed by atoms with Crippen LogP contribution in [0.3, 0.4) is 0 Å². The first-order chi connectivity index (χ1) is 12.9. The van der Waals surface area contributed by atoms with Crippen LogP contribution in [-0.4, -0.2) is 38.0 Å². The highest BCUT2D eigenvalue weighted by Crippen LogP contribution is 2.22. The van der Waals surface area contributed by atoms with Gasteiger partial charge in [-0.3, -0.25) is 9.59 Å². The molecule has 1 unspecified atom stereocenters. The molecule has 0 saturated heterocycles. The summed E-state index contributed by atoms with van der Waals surface area (Å²) in [5.74, 6) is -2.36. The minimum absolute atomic E-state index is 0.00362. The van der Waals surface area contributed by atoms with Crippen LogP contribution in [0.1, 0.15) is 34.7 Å². The zero-order valence-corrected chi connectivity index (χ0v) is 15.3. The van der Waals surface area contributed by atoms with E-state index in [0.717, 1.165) is 12.8 Å². The van der Waals surface area contributed by atoms with Gasteiger partial charge in [0.25, 0.3) is 5.91 Å². The molecule has 8 heteroatoms. The average Bonchev–Trinajstić information content (AvgIpc) is 3.46. The van der Waals surface area contributed by atoms with E-state index >= 15 is 0 Å². The fraction of sp³-hybridized carbons (Fsp3) is 0.263. The highest BCUT2D eigenvalue weighted by Gasteiger charge is 2.28. The molecule has 1 saturated carbocycles. The summed E-state index contributed by atoms with van der Waals surface area (Å²) in [4.78, 5) is 23.9. The van der Waals surface area contributed by atoms with Crippen LogP contribution in [0.4, 0.5) is 0 Å². The van der Waals surface area contributed by atoms with E-state index in [0.29, 0.717) is 5.56 Å². The van der Waals surface area contributed by atoms with Crippen LogP contribution in [0.5, 0.6) is 0 Å². The van der Waals surface area contributed by atoms with Crippen LogP contribution in [0.25, 0.3) is 0 Å². The van der Waals surface area contributed by atoms with Crippen molar-refractivity contribution < 1.29 is 23.1 Å². The molecule has 0 radical (unpaired) electrons. The lowest BCUT2D eigenvalue weighted by atomic mass is 9.99. The van der Waals surface area contributed by atoms with Gasteiger partial charge in [0.2, 0.25) is 10.0 Å². The number of carbonyl (C=O) groups is 2. The molecule has 7 nitrogen and oxygen atoms in total. The molecule has 0 spiro atoms. The quantitative estimate of drug-likeness (QED) is 0.637. The van der Waals surface area contributed by atoms with Gasteiger partial charge >= 0.3 is 5.97 Å². The number of rotatable bonds is 8. The summed E-state index contributed by atoms with van der Waals surface area (Å²) < 4.78 is 26.8.